The van der Waals surface area contributed by atoms with Crippen molar-refractivity contribution in [1.82, 2.24) is 15.2 Å². The van der Waals surface area contributed by atoms with Crippen LogP contribution in [0.25, 0.3) is 0 Å². The summed E-state index contributed by atoms with van der Waals surface area (Å²) in [6, 6.07) is 5.14. The highest BCUT2D eigenvalue weighted by Crippen LogP contribution is 2.26. The lowest BCUT2D eigenvalue weighted by Crippen LogP contribution is -2.41. The Balaban J connectivity index is 1.84. The van der Waals surface area contributed by atoms with E-state index >= 15 is 0 Å². The van der Waals surface area contributed by atoms with Gasteiger partial charge in [-0.25, -0.2) is 4.98 Å². The number of hydrogen-bond acceptors (Lipinski definition) is 3. The number of rotatable bonds is 5. The zero-order valence-electron chi connectivity index (χ0n) is 10.7. The van der Waals surface area contributed by atoms with E-state index in [4.69, 9.17) is 0 Å². The van der Waals surface area contributed by atoms with Gasteiger partial charge in [0.2, 0.25) is 5.95 Å². The van der Waals surface area contributed by atoms with Crippen molar-refractivity contribution < 1.29 is 9.18 Å². The molecular formula is C13H18FN3O. The van der Waals surface area contributed by atoms with Crippen LogP contribution in [0, 0.1) is 5.95 Å². The van der Waals surface area contributed by atoms with Crippen molar-refractivity contribution >= 4 is 5.91 Å². The number of halogens is 1. The molecule has 1 saturated carbocycles. The van der Waals surface area contributed by atoms with Gasteiger partial charge in [0.05, 0.1) is 0 Å². The zero-order chi connectivity index (χ0) is 13.1. The molecule has 1 amide bonds. The van der Waals surface area contributed by atoms with E-state index in [2.05, 4.69) is 29.2 Å². The molecule has 4 nitrogen and oxygen atoms in total. The molecule has 1 heterocycles. The van der Waals surface area contributed by atoms with Gasteiger partial charge in [0.1, 0.15) is 5.69 Å². The van der Waals surface area contributed by atoms with Crippen LogP contribution in [0.1, 0.15) is 30.3 Å². The summed E-state index contributed by atoms with van der Waals surface area (Å²) in [5.74, 6) is -0.962. The summed E-state index contributed by atoms with van der Waals surface area (Å²) in [6.45, 7) is 2.61. The molecule has 5 heteroatoms. The number of nitrogens with one attached hydrogen (secondary N) is 1. The second kappa shape index (κ2) is 5.44. The minimum Gasteiger partial charge on any atom is -0.349 e. The SMILES string of the molecule is CC(CNC(=O)c1cccc(F)n1)N(C)C1CC1. The lowest BCUT2D eigenvalue weighted by molar-refractivity contribution is 0.0933. The van der Waals surface area contributed by atoms with Gasteiger partial charge in [-0.2, -0.15) is 4.39 Å². The molecule has 0 aromatic carbocycles. The Morgan fingerprint density at radius 2 is 2.33 bits per heavy atom. The highest BCUT2D eigenvalue weighted by atomic mass is 19.1. The average molecular weight is 251 g/mol. The maximum atomic E-state index is 12.9. The Morgan fingerprint density at radius 1 is 1.61 bits per heavy atom. The van der Waals surface area contributed by atoms with E-state index in [1.54, 1.807) is 0 Å². The summed E-state index contributed by atoms with van der Waals surface area (Å²) in [4.78, 5) is 17.6. The molecule has 2 rings (SSSR count). The number of carbonyl (C=O) groups excluding carboxylic acids is 1. The first-order valence-electron chi connectivity index (χ1n) is 6.20. The van der Waals surface area contributed by atoms with Gasteiger partial charge in [0, 0.05) is 18.6 Å². The third kappa shape index (κ3) is 3.26. The highest BCUT2D eigenvalue weighted by Gasteiger charge is 2.29. The molecule has 1 atom stereocenters. The molecule has 98 valence electrons. The normalized spacial score (nSPS) is 16.7. The largest absolute Gasteiger partial charge is 0.349 e. The fourth-order valence-electron chi connectivity index (χ4n) is 1.85. The van der Waals surface area contributed by atoms with Crippen LogP contribution in [-0.4, -0.2) is 41.5 Å². The first-order valence-corrected chi connectivity index (χ1v) is 6.20. The minimum absolute atomic E-state index is 0.122. The summed E-state index contributed by atoms with van der Waals surface area (Å²) in [7, 11) is 2.06. The van der Waals surface area contributed by atoms with E-state index in [1.807, 2.05) is 0 Å². The number of amides is 1. The van der Waals surface area contributed by atoms with Gasteiger partial charge in [-0.3, -0.25) is 9.69 Å². The van der Waals surface area contributed by atoms with Gasteiger partial charge >= 0.3 is 0 Å². The molecule has 0 saturated heterocycles. The predicted octanol–water partition coefficient (Wildman–Crippen LogP) is 1.43. The third-order valence-electron chi connectivity index (χ3n) is 3.32. The Morgan fingerprint density at radius 3 is 2.94 bits per heavy atom. The van der Waals surface area contributed by atoms with E-state index in [-0.39, 0.29) is 17.6 Å². The number of likely N-dealkylation sites (N-methyl/N-ethyl adjacent to an activating group) is 1. The molecule has 1 unspecified atom stereocenters. The maximum absolute atomic E-state index is 12.9. The number of pyridine rings is 1. The standard InChI is InChI=1S/C13H18FN3O/c1-9(17(2)10-6-7-10)8-15-13(18)11-4-3-5-12(14)16-11/h3-5,9-10H,6-8H2,1-2H3,(H,15,18). The zero-order valence-corrected chi connectivity index (χ0v) is 10.7. The fourth-order valence-corrected chi connectivity index (χ4v) is 1.85. The molecule has 1 aromatic heterocycles. The first kappa shape index (κ1) is 13.0. The average Bonchev–Trinajstić information content (AvgIpc) is 3.18. The Labute approximate surface area is 106 Å². The van der Waals surface area contributed by atoms with E-state index in [1.165, 1.54) is 31.0 Å². The molecular weight excluding hydrogens is 233 g/mol. The van der Waals surface area contributed by atoms with Gasteiger partial charge < -0.3 is 5.32 Å². The third-order valence-corrected chi connectivity index (χ3v) is 3.32. The van der Waals surface area contributed by atoms with E-state index in [0.29, 0.717) is 12.6 Å². The second-order valence-corrected chi connectivity index (χ2v) is 4.80. The number of hydrogen-bond donors (Lipinski definition) is 1. The van der Waals surface area contributed by atoms with Crippen LogP contribution in [0.4, 0.5) is 4.39 Å². The van der Waals surface area contributed by atoms with Crippen molar-refractivity contribution in [3.63, 3.8) is 0 Å². The molecule has 0 aliphatic heterocycles. The molecule has 0 spiro atoms. The minimum atomic E-state index is -0.634. The van der Waals surface area contributed by atoms with Gasteiger partial charge in [-0.1, -0.05) is 6.07 Å². The van der Waals surface area contributed by atoms with E-state index in [0.717, 1.165) is 0 Å². The van der Waals surface area contributed by atoms with Crippen LogP contribution < -0.4 is 5.32 Å². The van der Waals surface area contributed by atoms with E-state index in [9.17, 15) is 9.18 Å². The van der Waals surface area contributed by atoms with Crippen molar-refractivity contribution in [1.29, 1.82) is 0 Å². The number of aromatic nitrogens is 1. The Kier molecular flexibility index (Phi) is 3.91. The fraction of sp³-hybridized carbons (Fsp3) is 0.538. The number of carbonyl (C=O) groups is 1. The van der Waals surface area contributed by atoms with Crippen LogP contribution in [0.2, 0.25) is 0 Å². The molecule has 1 fully saturated rings. The quantitative estimate of drug-likeness (QED) is 0.805. The summed E-state index contributed by atoms with van der Waals surface area (Å²) in [6.07, 6.45) is 2.47. The summed E-state index contributed by atoms with van der Waals surface area (Å²) >= 11 is 0. The van der Waals surface area contributed by atoms with Crippen molar-refractivity contribution in [2.75, 3.05) is 13.6 Å². The second-order valence-electron chi connectivity index (χ2n) is 4.80. The molecule has 0 radical (unpaired) electrons. The van der Waals surface area contributed by atoms with Crippen LogP contribution in [0.15, 0.2) is 18.2 Å². The van der Waals surface area contributed by atoms with Crippen LogP contribution in [0.5, 0.6) is 0 Å². The van der Waals surface area contributed by atoms with Crippen molar-refractivity contribution in [2.24, 2.45) is 0 Å². The molecule has 1 aliphatic rings. The van der Waals surface area contributed by atoms with Gasteiger partial charge in [-0.15, -0.1) is 0 Å². The van der Waals surface area contributed by atoms with Gasteiger partial charge in [0.15, 0.2) is 0 Å². The first-order chi connectivity index (χ1) is 8.58. The van der Waals surface area contributed by atoms with Crippen LogP contribution in [-0.2, 0) is 0 Å². The van der Waals surface area contributed by atoms with Crippen LogP contribution in [0.3, 0.4) is 0 Å². The van der Waals surface area contributed by atoms with Crippen molar-refractivity contribution in [3.05, 3.63) is 29.8 Å². The highest BCUT2D eigenvalue weighted by molar-refractivity contribution is 5.92. The number of nitrogens with zero attached hydrogens (tertiary/aromatic N) is 2. The monoisotopic (exact) mass is 251 g/mol. The molecule has 1 N–H and O–H groups in total. The van der Waals surface area contributed by atoms with Crippen molar-refractivity contribution in [3.8, 4) is 0 Å². The molecule has 18 heavy (non-hydrogen) atoms. The Hall–Kier alpha value is -1.49. The summed E-state index contributed by atoms with van der Waals surface area (Å²) in [5.41, 5.74) is 0.122. The summed E-state index contributed by atoms with van der Waals surface area (Å²) < 4.78 is 12.9. The maximum Gasteiger partial charge on any atom is 0.270 e. The lowest BCUT2D eigenvalue weighted by Gasteiger charge is -2.24. The molecule has 0 bridgehead atoms. The predicted molar refractivity (Wildman–Crippen MR) is 66.8 cm³/mol. The summed E-state index contributed by atoms with van der Waals surface area (Å²) in [5, 5.41) is 2.78. The molecule has 1 aromatic rings. The smallest absolute Gasteiger partial charge is 0.270 e. The molecule has 1 aliphatic carbocycles. The van der Waals surface area contributed by atoms with Crippen molar-refractivity contribution in [2.45, 2.75) is 31.8 Å². The van der Waals surface area contributed by atoms with Gasteiger partial charge in [0.25, 0.3) is 5.91 Å². The van der Waals surface area contributed by atoms with Crippen LogP contribution >= 0.6 is 0 Å². The Bertz CT molecular complexity index is 434. The van der Waals surface area contributed by atoms with E-state index < -0.39 is 5.95 Å². The van der Waals surface area contributed by atoms with Gasteiger partial charge in [-0.05, 0) is 38.9 Å². The lowest BCUT2D eigenvalue weighted by atomic mass is 10.2. The topological polar surface area (TPSA) is 45.2 Å².